The highest BCUT2D eigenvalue weighted by molar-refractivity contribution is 7.75. The lowest BCUT2D eigenvalue weighted by Crippen LogP contribution is -1.83. The van der Waals surface area contributed by atoms with Gasteiger partial charge >= 0.3 is 0 Å². The summed E-state index contributed by atoms with van der Waals surface area (Å²) in [7, 11) is -1.15. The van der Waals surface area contributed by atoms with E-state index >= 15 is 0 Å². The summed E-state index contributed by atoms with van der Waals surface area (Å²) in [6.07, 6.45) is 2.28. The van der Waals surface area contributed by atoms with E-state index in [2.05, 4.69) is 4.36 Å². The zero-order valence-corrected chi connectivity index (χ0v) is 5.90. The van der Waals surface area contributed by atoms with E-state index in [0.29, 0.717) is 11.8 Å². The molecule has 3 heteroatoms. The third kappa shape index (κ3) is 1.47. The lowest BCUT2D eigenvalue weighted by atomic mass is 10.8. The molecule has 1 saturated carbocycles. The Hall–Kier alpha value is -0.0500. The van der Waals surface area contributed by atoms with Crippen LogP contribution in [-0.2, 0) is 10.6 Å². The molecule has 0 bridgehead atoms. The van der Waals surface area contributed by atoms with Crippen LogP contribution in [0.4, 0.5) is 0 Å². The maximum atomic E-state index is 10.8. The van der Waals surface area contributed by atoms with Crippen molar-refractivity contribution >= 4 is 10.6 Å². The van der Waals surface area contributed by atoms with E-state index in [1.54, 1.807) is 0 Å². The minimum atomic E-state index is -1.15. The molecule has 0 saturated heterocycles. The molecule has 48 valence electrons. The predicted molar refractivity (Wildman–Crippen MR) is 35.5 cm³/mol. The van der Waals surface area contributed by atoms with Gasteiger partial charge in [-0.25, -0.2) is 4.36 Å². The van der Waals surface area contributed by atoms with Gasteiger partial charge in [-0.3, -0.25) is 4.21 Å². The minimum absolute atomic E-state index is 0.463. The van der Waals surface area contributed by atoms with Crippen LogP contribution in [0.1, 0.15) is 19.8 Å². The van der Waals surface area contributed by atoms with Crippen molar-refractivity contribution in [3.05, 3.63) is 0 Å². The summed E-state index contributed by atoms with van der Waals surface area (Å²) in [5, 5.41) is 0.463. The van der Waals surface area contributed by atoms with Gasteiger partial charge in [0.25, 0.3) is 0 Å². The average Bonchev–Trinajstić information content (AvgIpc) is 2.45. The Balaban J connectivity index is 2.43. The Morgan fingerprint density at radius 2 is 2.38 bits per heavy atom. The Morgan fingerprint density at radius 3 is 2.75 bits per heavy atom. The van der Waals surface area contributed by atoms with E-state index in [1.165, 1.54) is 0 Å². The van der Waals surface area contributed by atoms with Crippen LogP contribution < -0.4 is 0 Å². The van der Waals surface area contributed by atoms with Crippen molar-refractivity contribution in [1.82, 2.24) is 0 Å². The van der Waals surface area contributed by atoms with Gasteiger partial charge in [-0.2, -0.15) is 0 Å². The molecule has 0 aromatic carbocycles. The molecule has 0 spiro atoms. The first kappa shape index (κ1) is 6.08. The highest BCUT2D eigenvalue weighted by atomic mass is 32.2. The molecule has 1 aliphatic carbocycles. The molecule has 1 aliphatic rings. The Kier molecular flexibility index (Phi) is 1.89. The monoisotopic (exact) mass is 133 g/mol. The fourth-order valence-electron chi connectivity index (χ4n) is 0.550. The molecule has 0 radical (unpaired) electrons. The summed E-state index contributed by atoms with van der Waals surface area (Å²) >= 11 is 0. The van der Waals surface area contributed by atoms with Crippen LogP contribution in [0.3, 0.4) is 0 Å². The van der Waals surface area contributed by atoms with Crippen molar-refractivity contribution in [2.24, 2.45) is 4.36 Å². The van der Waals surface area contributed by atoms with Gasteiger partial charge in [-0.1, -0.05) is 0 Å². The zero-order valence-electron chi connectivity index (χ0n) is 5.00. The third-order valence-corrected chi connectivity index (χ3v) is 2.84. The Morgan fingerprint density at radius 1 is 1.75 bits per heavy atom. The average molecular weight is 133 g/mol. The second-order valence-electron chi connectivity index (χ2n) is 1.99. The maximum Gasteiger partial charge on any atom is 0.0453 e. The fourth-order valence-corrected chi connectivity index (χ4v) is 1.65. The van der Waals surface area contributed by atoms with Crippen LogP contribution >= 0.6 is 0 Å². The molecule has 1 atom stereocenters. The van der Waals surface area contributed by atoms with Gasteiger partial charge in [0.1, 0.15) is 0 Å². The molecule has 1 rings (SSSR count). The van der Waals surface area contributed by atoms with Crippen molar-refractivity contribution in [1.29, 1.82) is 0 Å². The first-order valence-corrected chi connectivity index (χ1v) is 4.26. The van der Waals surface area contributed by atoms with Crippen LogP contribution in [0.5, 0.6) is 0 Å². The molecule has 1 unspecified atom stereocenters. The first-order chi connectivity index (χ1) is 3.84. The molecule has 0 amide bonds. The van der Waals surface area contributed by atoms with Crippen LogP contribution in [0.15, 0.2) is 4.36 Å². The molecule has 0 aromatic heterocycles. The smallest absolute Gasteiger partial charge is 0.0453 e. The SMILES string of the molecule is CC/N=[SH](=O)/C1CC1. The maximum absolute atomic E-state index is 10.8. The van der Waals surface area contributed by atoms with Gasteiger partial charge in [-0.15, -0.1) is 0 Å². The highest BCUT2D eigenvalue weighted by Crippen LogP contribution is 2.23. The standard InChI is InChI=1S/C5H11NOS/c1-2-6-8(7)5-3-4-5/h5,8H,2-4H2,1H3. The Bertz CT molecular complexity index is 145. The minimum Gasteiger partial charge on any atom is -0.253 e. The summed E-state index contributed by atoms with van der Waals surface area (Å²) in [5.41, 5.74) is 0. The molecule has 2 nitrogen and oxygen atoms in total. The highest BCUT2D eigenvalue weighted by Gasteiger charge is 2.22. The summed E-state index contributed by atoms with van der Waals surface area (Å²) in [6, 6.07) is 0. The molecular weight excluding hydrogens is 122 g/mol. The number of rotatable bonds is 2. The lowest BCUT2D eigenvalue weighted by molar-refractivity contribution is 0.686. The van der Waals surface area contributed by atoms with Gasteiger partial charge in [0, 0.05) is 22.4 Å². The molecule has 0 aromatic rings. The van der Waals surface area contributed by atoms with E-state index in [4.69, 9.17) is 0 Å². The first-order valence-electron chi connectivity index (χ1n) is 2.98. The Labute approximate surface area is 51.5 Å². The summed E-state index contributed by atoms with van der Waals surface area (Å²) in [6.45, 7) is 2.64. The number of nitrogens with zero attached hydrogens (tertiary/aromatic N) is 1. The van der Waals surface area contributed by atoms with Crippen molar-refractivity contribution in [3.63, 3.8) is 0 Å². The van der Waals surface area contributed by atoms with Crippen molar-refractivity contribution in [2.75, 3.05) is 6.54 Å². The number of hydrogen-bond acceptors (Lipinski definition) is 2. The summed E-state index contributed by atoms with van der Waals surface area (Å²) in [4.78, 5) is 0. The number of thiol groups is 1. The van der Waals surface area contributed by atoms with E-state index in [-0.39, 0.29) is 0 Å². The molecule has 1 fully saturated rings. The molecule has 0 aliphatic heterocycles. The summed E-state index contributed by atoms with van der Waals surface area (Å²) < 4.78 is 14.7. The van der Waals surface area contributed by atoms with Crippen molar-refractivity contribution in [2.45, 2.75) is 25.0 Å². The van der Waals surface area contributed by atoms with Crippen LogP contribution in [0.2, 0.25) is 0 Å². The number of hydrogen-bond donors (Lipinski definition) is 1. The molecule has 0 heterocycles. The van der Waals surface area contributed by atoms with Crippen molar-refractivity contribution in [3.8, 4) is 0 Å². The van der Waals surface area contributed by atoms with Gasteiger partial charge in [-0.05, 0) is 19.8 Å². The van der Waals surface area contributed by atoms with Gasteiger partial charge in [0.2, 0.25) is 0 Å². The van der Waals surface area contributed by atoms with E-state index in [0.717, 1.165) is 12.8 Å². The lowest BCUT2D eigenvalue weighted by Gasteiger charge is -1.81. The fraction of sp³-hybridized carbons (Fsp3) is 1.00. The van der Waals surface area contributed by atoms with Crippen molar-refractivity contribution < 1.29 is 4.21 Å². The largest absolute Gasteiger partial charge is 0.253 e. The second kappa shape index (κ2) is 2.49. The second-order valence-corrected chi connectivity index (χ2v) is 3.61. The van der Waals surface area contributed by atoms with Gasteiger partial charge in [0.15, 0.2) is 0 Å². The topological polar surface area (TPSA) is 29.4 Å². The molecule has 8 heavy (non-hydrogen) atoms. The normalized spacial score (nSPS) is 23.6. The quantitative estimate of drug-likeness (QED) is 0.555. The summed E-state index contributed by atoms with van der Waals surface area (Å²) in [5.74, 6) is 0. The van der Waals surface area contributed by atoms with Crippen LogP contribution in [0, 0.1) is 0 Å². The van der Waals surface area contributed by atoms with E-state index in [1.807, 2.05) is 6.92 Å². The zero-order chi connectivity index (χ0) is 5.98. The van der Waals surface area contributed by atoms with Crippen LogP contribution in [-0.4, -0.2) is 16.0 Å². The van der Waals surface area contributed by atoms with Crippen LogP contribution in [0.25, 0.3) is 0 Å². The van der Waals surface area contributed by atoms with Gasteiger partial charge in [0.05, 0.1) is 0 Å². The molecular formula is C5H11NOS. The van der Waals surface area contributed by atoms with E-state index in [9.17, 15) is 4.21 Å². The van der Waals surface area contributed by atoms with E-state index < -0.39 is 10.6 Å². The van der Waals surface area contributed by atoms with Gasteiger partial charge < -0.3 is 0 Å². The third-order valence-electron chi connectivity index (χ3n) is 1.14. The predicted octanol–water partition coefficient (Wildman–Crippen LogP) is 0.833. The molecule has 0 N–H and O–H groups in total.